The highest BCUT2D eigenvalue weighted by molar-refractivity contribution is 6.62. The first-order chi connectivity index (χ1) is 29.2. The van der Waals surface area contributed by atoms with Gasteiger partial charge in [0.1, 0.15) is 11.2 Å². The van der Waals surface area contributed by atoms with Gasteiger partial charge in [-0.2, -0.15) is 4.99 Å². The summed E-state index contributed by atoms with van der Waals surface area (Å²) in [5.41, 5.74) is 8.05. The molecule has 0 atom stereocenters. The van der Waals surface area contributed by atoms with Gasteiger partial charge in [-0.3, -0.25) is 9.98 Å². The van der Waals surface area contributed by atoms with Gasteiger partial charge < -0.3 is 18.3 Å². The van der Waals surface area contributed by atoms with E-state index in [0.29, 0.717) is 11.5 Å². The maximum Gasteiger partial charge on any atom is 0.494 e. The Balaban J connectivity index is 1.17. The molecule has 60 heavy (non-hydrogen) atoms. The molecule has 4 heterocycles. The number of nitrogens with one attached hydrogen (secondary N) is 1. The molecule has 0 radical (unpaired) electrons. The first kappa shape index (κ1) is 36.0. The number of hydrogen-bond donors (Lipinski definition) is 1. The van der Waals surface area contributed by atoms with E-state index >= 15 is 0 Å². The van der Waals surface area contributed by atoms with E-state index in [9.17, 15) is 5.41 Å². The Hall–Kier alpha value is -7.07. The molecule has 11 rings (SSSR count). The lowest BCUT2D eigenvalue weighted by Gasteiger charge is -2.32. The van der Waals surface area contributed by atoms with Crippen molar-refractivity contribution in [3.8, 4) is 5.69 Å². The van der Waals surface area contributed by atoms with Gasteiger partial charge in [0.15, 0.2) is 5.84 Å². The van der Waals surface area contributed by atoms with Crippen molar-refractivity contribution in [1.82, 2.24) is 9.13 Å². The standard InChI is InChI=1S/C51H40BN5O3/c1-50(2)51(3,4)60-52(59-50)34-26-29-43-40(30-34)45-33(18-15-25-44(45)58-43)31-54-49(55-48(53)32-16-7-5-8-17-32)57-42-24-14-12-22-37(42)39-28-27-38-36-21-11-13-23-41(36)56(46(38)47(39)57)35-19-9-6-10-20-35/h5-31,53H,1-4H3/b53-48?,54-31+,55-49?. The van der Waals surface area contributed by atoms with Gasteiger partial charge in [0.2, 0.25) is 5.96 Å². The van der Waals surface area contributed by atoms with Crippen LogP contribution >= 0.6 is 0 Å². The number of rotatable bonds is 4. The fourth-order valence-electron chi connectivity index (χ4n) is 8.68. The van der Waals surface area contributed by atoms with Gasteiger partial charge in [-0.15, -0.1) is 0 Å². The number of fused-ring (bicyclic) bond motifs is 10. The van der Waals surface area contributed by atoms with Crippen LogP contribution in [0.15, 0.2) is 172 Å². The van der Waals surface area contributed by atoms with E-state index in [4.69, 9.17) is 23.7 Å². The predicted molar refractivity (Wildman–Crippen MR) is 247 cm³/mol. The molecule has 1 aliphatic rings. The highest BCUT2D eigenvalue weighted by Crippen LogP contribution is 2.41. The average Bonchev–Trinajstić information content (AvgIpc) is 3.98. The van der Waals surface area contributed by atoms with Gasteiger partial charge in [0.05, 0.1) is 33.3 Å². The summed E-state index contributed by atoms with van der Waals surface area (Å²) < 4.78 is 23.8. The van der Waals surface area contributed by atoms with E-state index in [-0.39, 0.29) is 5.84 Å². The first-order valence-corrected chi connectivity index (χ1v) is 20.3. The van der Waals surface area contributed by atoms with Gasteiger partial charge >= 0.3 is 7.12 Å². The van der Waals surface area contributed by atoms with E-state index in [2.05, 4.69) is 122 Å². The van der Waals surface area contributed by atoms with Crippen LogP contribution < -0.4 is 5.46 Å². The molecule has 10 aromatic rings. The fourth-order valence-corrected chi connectivity index (χ4v) is 8.68. The second-order valence-electron chi connectivity index (χ2n) is 16.4. The van der Waals surface area contributed by atoms with Crippen molar-refractivity contribution in [2.75, 3.05) is 0 Å². The molecule has 1 N–H and O–H groups in total. The summed E-state index contributed by atoms with van der Waals surface area (Å²) in [7, 11) is -0.522. The molecule has 7 aromatic carbocycles. The number of hydrogen-bond acceptors (Lipinski definition) is 4. The average molecular weight is 782 g/mol. The number of amidine groups is 1. The number of furan rings is 1. The Morgan fingerprint density at radius 1 is 0.600 bits per heavy atom. The Bertz CT molecular complexity index is 3400. The molecule has 1 fully saturated rings. The van der Waals surface area contributed by atoms with Gasteiger partial charge in [0.25, 0.3) is 0 Å². The zero-order valence-electron chi connectivity index (χ0n) is 33.7. The summed E-state index contributed by atoms with van der Waals surface area (Å²) in [6, 6.07) is 53.5. The molecule has 0 saturated carbocycles. The lowest BCUT2D eigenvalue weighted by Crippen LogP contribution is -2.41. The molecule has 8 nitrogen and oxygen atoms in total. The topological polar surface area (TPSA) is 90.0 Å². The van der Waals surface area contributed by atoms with Crippen molar-refractivity contribution in [1.29, 1.82) is 5.41 Å². The van der Waals surface area contributed by atoms with E-state index in [1.54, 1.807) is 0 Å². The number of para-hydroxylation sites is 3. The quantitative estimate of drug-likeness (QED) is 0.110. The number of aliphatic imine (C=N–C) groups is 2. The second-order valence-corrected chi connectivity index (χ2v) is 16.4. The minimum atomic E-state index is -0.522. The van der Waals surface area contributed by atoms with Gasteiger partial charge in [-0.1, -0.05) is 121 Å². The van der Waals surface area contributed by atoms with Crippen LogP contribution in [0.25, 0.3) is 71.2 Å². The highest BCUT2D eigenvalue weighted by Gasteiger charge is 2.51. The molecule has 9 heteroatoms. The third-order valence-corrected chi connectivity index (χ3v) is 12.3. The predicted octanol–water partition coefficient (Wildman–Crippen LogP) is 11.4. The Morgan fingerprint density at radius 2 is 1.23 bits per heavy atom. The van der Waals surface area contributed by atoms with Crippen LogP contribution in [0.1, 0.15) is 38.8 Å². The zero-order chi connectivity index (χ0) is 40.8. The minimum absolute atomic E-state index is 0.100. The monoisotopic (exact) mass is 781 g/mol. The molecular formula is C51H40BN5O3. The van der Waals surface area contributed by atoms with Crippen LogP contribution in [0.2, 0.25) is 0 Å². The summed E-state index contributed by atoms with van der Waals surface area (Å²) in [6.45, 7) is 8.25. The number of nitrogens with zero attached hydrogens (tertiary/aromatic N) is 4. The zero-order valence-corrected chi connectivity index (χ0v) is 33.7. The van der Waals surface area contributed by atoms with Crippen molar-refractivity contribution < 1.29 is 13.7 Å². The van der Waals surface area contributed by atoms with Gasteiger partial charge in [-0.25, -0.2) is 4.99 Å². The van der Waals surface area contributed by atoms with Crippen molar-refractivity contribution in [2.45, 2.75) is 38.9 Å². The molecule has 0 unspecified atom stereocenters. The number of benzene rings is 7. The van der Waals surface area contributed by atoms with Gasteiger partial charge in [0, 0.05) is 55.3 Å². The molecule has 3 aromatic heterocycles. The molecule has 0 bridgehead atoms. The normalized spacial score (nSPS) is 15.5. The van der Waals surface area contributed by atoms with E-state index < -0.39 is 18.3 Å². The summed E-state index contributed by atoms with van der Waals surface area (Å²) in [5, 5.41) is 15.6. The van der Waals surface area contributed by atoms with Crippen LogP contribution in [0.3, 0.4) is 0 Å². The van der Waals surface area contributed by atoms with Crippen molar-refractivity contribution >= 4 is 96.1 Å². The Kier molecular flexibility index (Phi) is 8.11. The molecule has 1 aliphatic heterocycles. The third kappa shape index (κ3) is 5.58. The fraction of sp³-hybridized carbons (Fsp3) is 0.118. The van der Waals surface area contributed by atoms with Crippen LogP contribution in [-0.4, -0.2) is 45.5 Å². The molecule has 0 aliphatic carbocycles. The van der Waals surface area contributed by atoms with E-state index in [0.717, 1.165) is 82.3 Å². The van der Waals surface area contributed by atoms with Crippen molar-refractivity contribution in [3.63, 3.8) is 0 Å². The summed E-state index contributed by atoms with van der Waals surface area (Å²) in [5.74, 6) is 0.457. The van der Waals surface area contributed by atoms with Gasteiger partial charge in [-0.05, 0) is 69.6 Å². The van der Waals surface area contributed by atoms with Crippen molar-refractivity contribution in [2.24, 2.45) is 9.98 Å². The molecular weight excluding hydrogens is 741 g/mol. The molecule has 290 valence electrons. The summed E-state index contributed by atoms with van der Waals surface area (Å²) >= 11 is 0. The molecule has 0 spiro atoms. The van der Waals surface area contributed by atoms with Crippen LogP contribution in [0, 0.1) is 5.41 Å². The van der Waals surface area contributed by atoms with Crippen LogP contribution in [0.4, 0.5) is 0 Å². The first-order valence-electron chi connectivity index (χ1n) is 20.3. The smallest absolute Gasteiger partial charge is 0.456 e. The lowest BCUT2D eigenvalue weighted by atomic mass is 9.78. The Morgan fingerprint density at radius 3 is 1.97 bits per heavy atom. The summed E-state index contributed by atoms with van der Waals surface area (Å²) in [4.78, 5) is 10.4. The maximum absolute atomic E-state index is 9.35. The third-order valence-electron chi connectivity index (χ3n) is 12.3. The van der Waals surface area contributed by atoms with E-state index in [1.807, 2.05) is 79.0 Å². The summed E-state index contributed by atoms with van der Waals surface area (Å²) in [6.07, 6.45) is 1.85. The Labute approximate surface area is 346 Å². The SMILES string of the molecule is CC1(C)OB(c2ccc3oc4cccc(/C=N/C(=NC(=N)c5ccccc5)n5c6ccccc6c6ccc7c8ccccc8n(-c8ccccc8)c7c65)c4c3c2)OC1(C)C. The molecule has 0 amide bonds. The van der Waals surface area contributed by atoms with Crippen molar-refractivity contribution in [3.05, 3.63) is 169 Å². The lowest BCUT2D eigenvalue weighted by molar-refractivity contribution is 0.00578. The molecule has 1 saturated heterocycles. The van der Waals surface area contributed by atoms with Crippen LogP contribution in [-0.2, 0) is 9.31 Å². The minimum Gasteiger partial charge on any atom is -0.456 e. The largest absolute Gasteiger partial charge is 0.494 e. The second kappa shape index (κ2) is 13.5. The van der Waals surface area contributed by atoms with E-state index in [1.165, 1.54) is 0 Å². The maximum atomic E-state index is 9.35. The van der Waals surface area contributed by atoms with Crippen LogP contribution in [0.5, 0.6) is 0 Å². The highest BCUT2D eigenvalue weighted by atomic mass is 16.7. The number of aromatic nitrogens is 2.